The molecule has 2 aliphatic rings. The molecule has 0 spiro atoms. The molecule has 0 aromatic rings. The fraction of sp³-hybridized carbons (Fsp3) is 0.750. The zero-order valence-electron chi connectivity index (χ0n) is 9.42. The number of fused-ring (bicyclic) bond motifs is 1. The third-order valence-corrected chi connectivity index (χ3v) is 3.91. The first-order valence-electron chi connectivity index (χ1n) is 5.52. The van der Waals surface area contributed by atoms with E-state index in [1.807, 2.05) is 4.90 Å². The normalized spacial score (nSPS) is 32.5. The Morgan fingerprint density at radius 2 is 2.33 bits per heavy atom. The highest BCUT2D eigenvalue weighted by atomic mass is 16.2. The molecule has 1 N–H and O–H groups in total. The Balaban J connectivity index is 2.16. The van der Waals surface area contributed by atoms with E-state index in [-0.39, 0.29) is 17.9 Å². The molecule has 2 unspecified atom stereocenters. The number of amides is 1. The van der Waals surface area contributed by atoms with Crippen LogP contribution in [0.5, 0.6) is 0 Å². The molecule has 3 nitrogen and oxygen atoms in total. The van der Waals surface area contributed by atoms with Crippen LogP contribution in [0, 0.1) is 24.2 Å². The maximum absolute atomic E-state index is 11.9. The van der Waals surface area contributed by atoms with E-state index in [1.165, 1.54) is 0 Å². The summed E-state index contributed by atoms with van der Waals surface area (Å²) in [7, 11) is 0. The number of carbonyl (C=O) groups is 1. The lowest BCUT2D eigenvalue weighted by Crippen LogP contribution is -2.47. The molecule has 1 amide bonds. The van der Waals surface area contributed by atoms with Gasteiger partial charge >= 0.3 is 0 Å². The average molecular weight is 206 g/mol. The predicted molar refractivity (Wildman–Crippen MR) is 59.1 cm³/mol. The summed E-state index contributed by atoms with van der Waals surface area (Å²) < 4.78 is 0. The number of carbonyl (C=O) groups excluding carboxylic acids is 1. The monoisotopic (exact) mass is 206 g/mol. The lowest BCUT2D eigenvalue weighted by Gasteiger charge is -2.35. The minimum atomic E-state index is -0.0396. The molecule has 2 saturated heterocycles. The Morgan fingerprint density at radius 1 is 1.60 bits per heavy atom. The molecule has 0 bridgehead atoms. The number of terminal acetylenes is 1. The molecule has 2 heterocycles. The molecule has 2 rings (SSSR count). The van der Waals surface area contributed by atoms with Crippen molar-refractivity contribution >= 4 is 5.91 Å². The Kier molecular flexibility index (Phi) is 2.47. The van der Waals surface area contributed by atoms with Crippen LogP contribution >= 0.6 is 0 Å². The molecular formula is C12H18N2O. The largest absolute Gasteiger partial charge is 0.336 e. The van der Waals surface area contributed by atoms with Gasteiger partial charge in [-0.2, -0.15) is 0 Å². The highest BCUT2D eigenvalue weighted by Gasteiger charge is 2.50. The van der Waals surface area contributed by atoms with Crippen molar-refractivity contribution in [2.24, 2.45) is 11.8 Å². The van der Waals surface area contributed by atoms with Crippen LogP contribution in [0.1, 0.15) is 20.3 Å². The van der Waals surface area contributed by atoms with Crippen molar-refractivity contribution in [3.05, 3.63) is 0 Å². The van der Waals surface area contributed by atoms with Crippen LogP contribution in [0.3, 0.4) is 0 Å². The third-order valence-electron chi connectivity index (χ3n) is 3.91. The SMILES string of the molecule is C#CCC(=O)N1CC2CNCC2C1(C)C. The maximum Gasteiger partial charge on any atom is 0.235 e. The first kappa shape index (κ1) is 10.5. The van der Waals surface area contributed by atoms with Crippen LogP contribution in [-0.2, 0) is 4.79 Å². The quantitative estimate of drug-likeness (QED) is 0.632. The summed E-state index contributed by atoms with van der Waals surface area (Å²) >= 11 is 0. The van der Waals surface area contributed by atoms with E-state index in [0.29, 0.717) is 11.8 Å². The molecule has 0 aliphatic carbocycles. The van der Waals surface area contributed by atoms with Gasteiger partial charge in [0.25, 0.3) is 0 Å². The van der Waals surface area contributed by atoms with Gasteiger partial charge in [-0.15, -0.1) is 6.42 Å². The summed E-state index contributed by atoms with van der Waals surface area (Å²) in [4.78, 5) is 13.8. The van der Waals surface area contributed by atoms with Crippen molar-refractivity contribution in [3.8, 4) is 12.3 Å². The number of likely N-dealkylation sites (tertiary alicyclic amines) is 1. The van der Waals surface area contributed by atoms with Gasteiger partial charge in [0.1, 0.15) is 0 Å². The summed E-state index contributed by atoms with van der Waals surface area (Å²) in [6.07, 6.45) is 5.42. The van der Waals surface area contributed by atoms with E-state index in [2.05, 4.69) is 25.1 Å². The zero-order chi connectivity index (χ0) is 11.1. The minimum absolute atomic E-state index is 0.0396. The van der Waals surface area contributed by atoms with Gasteiger partial charge in [0, 0.05) is 25.2 Å². The Morgan fingerprint density at radius 3 is 2.93 bits per heavy atom. The van der Waals surface area contributed by atoms with Crippen LogP contribution in [0.4, 0.5) is 0 Å². The van der Waals surface area contributed by atoms with Gasteiger partial charge in [0.15, 0.2) is 0 Å². The number of nitrogens with one attached hydrogen (secondary N) is 1. The molecule has 0 saturated carbocycles. The molecule has 82 valence electrons. The summed E-state index contributed by atoms with van der Waals surface area (Å²) in [5, 5.41) is 3.39. The van der Waals surface area contributed by atoms with E-state index in [9.17, 15) is 4.79 Å². The van der Waals surface area contributed by atoms with Gasteiger partial charge in [-0.1, -0.05) is 5.92 Å². The first-order valence-corrected chi connectivity index (χ1v) is 5.52. The second kappa shape index (κ2) is 3.53. The van der Waals surface area contributed by atoms with E-state index in [0.717, 1.165) is 19.6 Å². The van der Waals surface area contributed by atoms with Gasteiger partial charge in [-0.25, -0.2) is 0 Å². The molecule has 2 atom stereocenters. The molecule has 0 radical (unpaired) electrons. The van der Waals surface area contributed by atoms with Crippen molar-refractivity contribution in [1.29, 1.82) is 0 Å². The second-order valence-corrected chi connectivity index (χ2v) is 5.06. The van der Waals surface area contributed by atoms with E-state index in [1.54, 1.807) is 0 Å². The van der Waals surface area contributed by atoms with E-state index < -0.39 is 0 Å². The predicted octanol–water partition coefficient (Wildman–Crippen LogP) is 0.466. The van der Waals surface area contributed by atoms with Crippen LogP contribution < -0.4 is 5.32 Å². The molecule has 0 aromatic heterocycles. The van der Waals surface area contributed by atoms with Crippen LogP contribution in [0.15, 0.2) is 0 Å². The van der Waals surface area contributed by atoms with Crippen molar-refractivity contribution < 1.29 is 4.79 Å². The lowest BCUT2D eigenvalue weighted by molar-refractivity contribution is -0.134. The summed E-state index contributed by atoms with van der Waals surface area (Å²) in [6, 6.07) is 0. The molecule has 3 heteroatoms. The third kappa shape index (κ3) is 1.53. The zero-order valence-corrected chi connectivity index (χ0v) is 9.42. The van der Waals surface area contributed by atoms with E-state index in [4.69, 9.17) is 6.42 Å². The Labute approximate surface area is 91.2 Å². The molecule has 2 fully saturated rings. The Bertz CT molecular complexity index is 316. The van der Waals surface area contributed by atoms with Gasteiger partial charge < -0.3 is 10.2 Å². The molecular weight excluding hydrogens is 188 g/mol. The fourth-order valence-electron chi connectivity index (χ4n) is 3.03. The van der Waals surface area contributed by atoms with Crippen LogP contribution in [0.2, 0.25) is 0 Å². The van der Waals surface area contributed by atoms with Crippen LogP contribution in [-0.4, -0.2) is 36.0 Å². The van der Waals surface area contributed by atoms with Crippen molar-refractivity contribution in [2.75, 3.05) is 19.6 Å². The van der Waals surface area contributed by atoms with Crippen LogP contribution in [0.25, 0.3) is 0 Å². The maximum atomic E-state index is 11.9. The average Bonchev–Trinajstić information content (AvgIpc) is 2.69. The fourth-order valence-corrected chi connectivity index (χ4v) is 3.03. The second-order valence-electron chi connectivity index (χ2n) is 5.06. The van der Waals surface area contributed by atoms with Gasteiger partial charge in [-0.05, 0) is 25.7 Å². The topological polar surface area (TPSA) is 32.3 Å². The molecule has 15 heavy (non-hydrogen) atoms. The minimum Gasteiger partial charge on any atom is -0.336 e. The van der Waals surface area contributed by atoms with Crippen molar-refractivity contribution in [2.45, 2.75) is 25.8 Å². The summed E-state index contributed by atoms with van der Waals surface area (Å²) in [5.41, 5.74) is -0.0396. The highest BCUT2D eigenvalue weighted by molar-refractivity contribution is 5.79. The van der Waals surface area contributed by atoms with Crippen molar-refractivity contribution in [3.63, 3.8) is 0 Å². The lowest BCUT2D eigenvalue weighted by atomic mass is 9.85. The number of nitrogens with zero attached hydrogens (tertiary/aromatic N) is 1. The highest BCUT2D eigenvalue weighted by Crippen LogP contribution is 2.40. The van der Waals surface area contributed by atoms with Gasteiger partial charge in [0.05, 0.1) is 6.42 Å². The molecule has 0 aromatic carbocycles. The first-order chi connectivity index (χ1) is 7.07. The number of rotatable bonds is 1. The van der Waals surface area contributed by atoms with Gasteiger partial charge in [0.2, 0.25) is 5.91 Å². The van der Waals surface area contributed by atoms with Crippen molar-refractivity contribution in [1.82, 2.24) is 10.2 Å². The summed E-state index contributed by atoms with van der Waals surface area (Å²) in [6.45, 7) is 7.23. The Hall–Kier alpha value is -1.01. The number of hydrogen-bond donors (Lipinski definition) is 1. The standard InChI is InChI=1S/C12H18N2O/c1-4-5-11(15)14-8-9-6-13-7-10(9)12(14,2)3/h1,9-10,13H,5-8H2,2-3H3. The van der Waals surface area contributed by atoms with E-state index >= 15 is 0 Å². The molecule has 2 aliphatic heterocycles. The summed E-state index contributed by atoms with van der Waals surface area (Å²) in [5.74, 6) is 3.74. The smallest absolute Gasteiger partial charge is 0.235 e. The number of hydrogen-bond acceptors (Lipinski definition) is 2. The van der Waals surface area contributed by atoms with Gasteiger partial charge in [-0.3, -0.25) is 4.79 Å².